The number of rotatable bonds is 3. The van der Waals surface area contributed by atoms with E-state index < -0.39 is 21.1 Å². The van der Waals surface area contributed by atoms with E-state index in [-0.39, 0.29) is 31.8 Å². The molecule has 4 aliphatic heterocycles. The third-order valence-electron chi connectivity index (χ3n) is 3.34. The van der Waals surface area contributed by atoms with Crippen LogP contribution in [0.3, 0.4) is 0 Å². The van der Waals surface area contributed by atoms with E-state index in [4.69, 9.17) is 27.1 Å². The van der Waals surface area contributed by atoms with Gasteiger partial charge in [0.1, 0.15) is 0 Å². The lowest BCUT2D eigenvalue weighted by Gasteiger charge is -2.44. The Morgan fingerprint density at radius 1 is 0.900 bits per heavy atom. The van der Waals surface area contributed by atoms with E-state index in [1.807, 2.05) is 13.8 Å². The molecule has 0 radical (unpaired) electrons. The lowest BCUT2D eigenvalue weighted by atomic mass is 9.93. The topological polar surface area (TPSA) is 89.5 Å². The van der Waals surface area contributed by atoms with Crippen LogP contribution in [0, 0.1) is 10.8 Å². The first-order valence-electron chi connectivity index (χ1n) is 6.31. The highest BCUT2D eigenvalue weighted by atomic mass is 31.2. The fraction of sp³-hybridized carbons (Fsp3) is 1.00. The molecular formula is C10H18O8P2. The van der Waals surface area contributed by atoms with Crippen molar-refractivity contribution in [2.45, 2.75) is 13.8 Å². The Kier molecular flexibility index (Phi) is 3.68. The van der Waals surface area contributed by atoms with Crippen molar-refractivity contribution < 1.29 is 36.3 Å². The minimum absolute atomic E-state index is 0.0324. The van der Waals surface area contributed by atoms with Gasteiger partial charge in [-0.25, -0.2) is 9.13 Å². The molecule has 0 aromatic heterocycles. The highest BCUT2D eigenvalue weighted by Gasteiger charge is 2.52. The van der Waals surface area contributed by atoms with Crippen molar-refractivity contribution >= 4 is 15.6 Å². The van der Waals surface area contributed by atoms with Gasteiger partial charge < -0.3 is 0 Å². The minimum Gasteiger partial charge on any atom is -0.286 e. The number of phosphoric acid groups is 2. The third kappa shape index (κ3) is 3.03. The zero-order valence-corrected chi connectivity index (χ0v) is 13.2. The van der Waals surface area contributed by atoms with Gasteiger partial charge in [0.15, 0.2) is 0 Å². The summed E-state index contributed by atoms with van der Waals surface area (Å²) in [4.78, 5) is 0. The average Bonchev–Trinajstić information content (AvgIpc) is 2.43. The van der Waals surface area contributed by atoms with Crippen molar-refractivity contribution in [1.29, 1.82) is 0 Å². The first-order chi connectivity index (χ1) is 9.24. The van der Waals surface area contributed by atoms with Crippen LogP contribution >= 0.6 is 15.6 Å². The monoisotopic (exact) mass is 328 g/mol. The van der Waals surface area contributed by atoms with E-state index >= 15 is 0 Å². The molecule has 0 aliphatic carbocycles. The molecule has 4 saturated heterocycles. The summed E-state index contributed by atoms with van der Waals surface area (Å²) < 4.78 is 54.8. The summed E-state index contributed by atoms with van der Waals surface area (Å²) in [5, 5.41) is 0. The number of phosphoric ester groups is 2. The molecule has 0 amide bonds. The molecule has 0 N–H and O–H groups in total. The molecular weight excluding hydrogens is 310 g/mol. The van der Waals surface area contributed by atoms with Crippen LogP contribution in [0.2, 0.25) is 0 Å². The van der Waals surface area contributed by atoms with Crippen LogP contribution in [0.5, 0.6) is 0 Å². The summed E-state index contributed by atoms with van der Waals surface area (Å²) in [5.74, 6) is 0. The Morgan fingerprint density at radius 3 is 1.90 bits per heavy atom. The van der Waals surface area contributed by atoms with Crippen LogP contribution in [-0.2, 0) is 36.3 Å². The van der Waals surface area contributed by atoms with Gasteiger partial charge in [0.05, 0.1) is 45.1 Å². The van der Waals surface area contributed by atoms with Gasteiger partial charge in [0.2, 0.25) is 0 Å². The molecule has 4 rings (SSSR count). The van der Waals surface area contributed by atoms with E-state index in [1.54, 1.807) is 0 Å². The summed E-state index contributed by atoms with van der Waals surface area (Å²) >= 11 is 0. The number of hydrogen-bond acceptors (Lipinski definition) is 8. The first kappa shape index (κ1) is 15.1. The van der Waals surface area contributed by atoms with Crippen LogP contribution in [0.1, 0.15) is 13.8 Å². The second-order valence-electron chi connectivity index (χ2n) is 6.20. The molecule has 4 aliphatic rings. The predicted octanol–water partition coefficient (Wildman–Crippen LogP) is 2.36. The van der Waals surface area contributed by atoms with Gasteiger partial charge in [-0.05, 0) is 0 Å². The second-order valence-corrected chi connectivity index (χ2v) is 9.54. The highest BCUT2D eigenvalue weighted by molar-refractivity contribution is 7.48. The van der Waals surface area contributed by atoms with Crippen molar-refractivity contribution in [2.75, 3.05) is 39.6 Å². The zero-order valence-electron chi connectivity index (χ0n) is 11.4. The Hall–Kier alpha value is 0.220. The fourth-order valence-corrected chi connectivity index (χ4v) is 5.08. The normalized spacial score (nSPS) is 42.5. The Morgan fingerprint density at radius 2 is 1.40 bits per heavy atom. The number of hydrogen-bond donors (Lipinski definition) is 0. The third-order valence-corrected chi connectivity index (χ3v) is 6.01. The molecule has 4 heterocycles. The van der Waals surface area contributed by atoms with Gasteiger partial charge in [-0.15, -0.1) is 0 Å². The van der Waals surface area contributed by atoms with Crippen LogP contribution < -0.4 is 0 Å². The number of fused-ring (bicyclic) bond motifs is 3. The van der Waals surface area contributed by atoms with Crippen molar-refractivity contribution in [3.05, 3.63) is 0 Å². The molecule has 10 heteroatoms. The Balaban J connectivity index is 1.58. The van der Waals surface area contributed by atoms with Crippen LogP contribution in [0.25, 0.3) is 0 Å². The molecule has 116 valence electrons. The highest BCUT2D eigenvalue weighted by Crippen LogP contribution is 2.61. The van der Waals surface area contributed by atoms with Gasteiger partial charge in [-0.1, -0.05) is 13.8 Å². The average molecular weight is 328 g/mol. The summed E-state index contributed by atoms with van der Waals surface area (Å²) in [6.07, 6.45) is 0. The van der Waals surface area contributed by atoms with Crippen LogP contribution in [0.4, 0.5) is 0 Å². The lowest BCUT2D eigenvalue weighted by Crippen LogP contribution is -2.47. The largest absolute Gasteiger partial charge is 0.474 e. The molecule has 20 heavy (non-hydrogen) atoms. The van der Waals surface area contributed by atoms with Crippen molar-refractivity contribution in [1.82, 2.24) is 0 Å². The lowest BCUT2D eigenvalue weighted by molar-refractivity contribution is -0.117. The molecule has 0 aromatic rings. The Labute approximate surface area is 117 Å². The van der Waals surface area contributed by atoms with Crippen molar-refractivity contribution in [2.24, 2.45) is 10.8 Å². The molecule has 2 bridgehead atoms. The summed E-state index contributed by atoms with van der Waals surface area (Å²) in [6, 6.07) is 0. The zero-order chi connectivity index (χ0) is 14.5. The van der Waals surface area contributed by atoms with Crippen molar-refractivity contribution in [3.8, 4) is 0 Å². The van der Waals surface area contributed by atoms with E-state index in [0.717, 1.165) is 0 Å². The molecule has 4 fully saturated rings. The summed E-state index contributed by atoms with van der Waals surface area (Å²) in [6.45, 7) is 5.06. The SMILES string of the molecule is CC1(C)COP(=O)(OCC23COP(=O)(OC2)OC3)OC1. The standard InChI is InChI=1S/C10H18O8P2/c1-9(2)3-13-19(11,14-4-9)15-5-10-6-16-20(12,17-7-10)18-8-10/h3-8H2,1-2H3. The van der Waals surface area contributed by atoms with Gasteiger partial charge in [-0.3, -0.25) is 27.1 Å². The van der Waals surface area contributed by atoms with Crippen molar-refractivity contribution in [3.63, 3.8) is 0 Å². The van der Waals surface area contributed by atoms with E-state index in [1.165, 1.54) is 0 Å². The summed E-state index contributed by atoms with van der Waals surface area (Å²) in [5.41, 5.74) is -0.809. The smallest absolute Gasteiger partial charge is 0.286 e. The van der Waals surface area contributed by atoms with Crippen LogP contribution in [-0.4, -0.2) is 39.6 Å². The molecule has 0 unspecified atom stereocenters. The van der Waals surface area contributed by atoms with Gasteiger partial charge >= 0.3 is 15.6 Å². The maximum absolute atomic E-state index is 12.3. The Bertz CT molecular complexity index is 444. The molecule has 0 spiro atoms. The van der Waals surface area contributed by atoms with Crippen LogP contribution in [0.15, 0.2) is 0 Å². The first-order valence-corrected chi connectivity index (χ1v) is 9.24. The van der Waals surface area contributed by atoms with E-state index in [0.29, 0.717) is 13.2 Å². The van der Waals surface area contributed by atoms with E-state index in [2.05, 4.69) is 0 Å². The molecule has 8 nitrogen and oxygen atoms in total. The van der Waals surface area contributed by atoms with E-state index in [9.17, 15) is 9.13 Å². The molecule has 0 saturated carbocycles. The fourth-order valence-electron chi connectivity index (χ4n) is 1.89. The minimum atomic E-state index is -3.55. The molecule has 0 aromatic carbocycles. The maximum atomic E-state index is 12.3. The maximum Gasteiger partial charge on any atom is 0.474 e. The quantitative estimate of drug-likeness (QED) is 0.729. The van der Waals surface area contributed by atoms with Gasteiger partial charge in [-0.2, -0.15) is 0 Å². The van der Waals surface area contributed by atoms with Gasteiger partial charge in [0.25, 0.3) is 0 Å². The molecule has 0 atom stereocenters. The summed E-state index contributed by atoms with van der Waals surface area (Å²) in [7, 11) is -6.90. The van der Waals surface area contributed by atoms with Gasteiger partial charge in [0, 0.05) is 5.41 Å². The second kappa shape index (κ2) is 4.86. The predicted molar refractivity (Wildman–Crippen MR) is 67.1 cm³/mol.